The lowest BCUT2D eigenvalue weighted by Gasteiger charge is -2.34. The topological polar surface area (TPSA) is 99.9 Å². The van der Waals surface area contributed by atoms with E-state index in [0.29, 0.717) is 0 Å². The van der Waals surface area contributed by atoms with Crippen LogP contribution in [0.1, 0.15) is 16.1 Å². The first-order valence-electron chi connectivity index (χ1n) is 8.54. The predicted molar refractivity (Wildman–Crippen MR) is 97.6 cm³/mol. The van der Waals surface area contributed by atoms with E-state index in [1.807, 2.05) is 6.92 Å². The van der Waals surface area contributed by atoms with E-state index in [2.05, 4.69) is 5.32 Å². The average Bonchev–Trinajstić information content (AvgIpc) is 3.21. The van der Waals surface area contributed by atoms with E-state index in [9.17, 15) is 18.0 Å². The Morgan fingerprint density at radius 1 is 1.07 bits per heavy atom. The highest BCUT2D eigenvalue weighted by Crippen LogP contribution is 2.18. The van der Waals surface area contributed by atoms with Crippen LogP contribution in [-0.2, 0) is 14.8 Å². The number of rotatable bonds is 5. The number of hydrogen-bond donors (Lipinski definition) is 1. The molecule has 1 aromatic carbocycles. The largest absolute Gasteiger partial charge is 0.459 e. The first kappa shape index (κ1) is 19.1. The van der Waals surface area contributed by atoms with Crippen LogP contribution < -0.4 is 5.32 Å². The zero-order valence-corrected chi connectivity index (χ0v) is 15.7. The van der Waals surface area contributed by atoms with Crippen molar-refractivity contribution in [3.63, 3.8) is 0 Å². The number of sulfonamides is 1. The molecule has 8 nitrogen and oxygen atoms in total. The van der Waals surface area contributed by atoms with Crippen LogP contribution in [0.3, 0.4) is 0 Å². The van der Waals surface area contributed by atoms with Crippen LogP contribution in [0.15, 0.2) is 52.0 Å². The average molecular weight is 391 g/mol. The first-order chi connectivity index (χ1) is 12.9. The number of nitrogens with zero attached hydrogens (tertiary/aromatic N) is 2. The molecule has 9 heteroatoms. The molecule has 2 aromatic rings. The van der Waals surface area contributed by atoms with Crippen LogP contribution in [0.5, 0.6) is 0 Å². The number of hydrogen-bond acceptors (Lipinski definition) is 5. The quantitative estimate of drug-likeness (QED) is 0.815. The van der Waals surface area contributed by atoms with Gasteiger partial charge in [0.25, 0.3) is 5.91 Å². The van der Waals surface area contributed by atoms with Gasteiger partial charge >= 0.3 is 0 Å². The Labute approximate surface area is 157 Å². The number of carbonyl (C=O) groups excluding carboxylic acids is 2. The fraction of sp³-hybridized carbons (Fsp3) is 0.333. The van der Waals surface area contributed by atoms with E-state index in [1.54, 1.807) is 35.2 Å². The number of benzene rings is 1. The Balaban J connectivity index is 1.53. The van der Waals surface area contributed by atoms with E-state index in [0.717, 1.165) is 5.56 Å². The fourth-order valence-corrected chi connectivity index (χ4v) is 4.22. The van der Waals surface area contributed by atoms with Crippen LogP contribution in [0.25, 0.3) is 0 Å². The summed E-state index contributed by atoms with van der Waals surface area (Å²) < 4.78 is 31.7. The van der Waals surface area contributed by atoms with Gasteiger partial charge in [-0.15, -0.1) is 0 Å². The van der Waals surface area contributed by atoms with Gasteiger partial charge in [-0.2, -0.15) is 4.31 Å². The molecule has 0 spiro atoms. The lowest BCUT2D eigenvalue weighted by molar-refractivity contribution is -0.131. The molecule has 0 bridgehead atoms. The van der Waals surface area contributed by atoms with Gasteiger partial charge in [0.2, 0.25) is 15.9 Å². The molecule has 1 aromatic heterocycles. The Morgan fingerprint density at radius 2 is 1.74 bits per heavy atom. The molecule has 0 saturated carbocycles. The summed E-state index contributed by atoms with van der Waals surface area (Å²) in [5, 5.41) is 2.50. The summed E-state index contributed by atoms with van der Waals surface area (Å²) in [7, 11) is -3.57. The standard InChI is InChI=1S/C18H21N3O5S/c1-14-4-6-15(7-5-14)27(24,25)21-10-8-20(9-11-21)17(22)13-19-18(23)16-3-2-12-26-16/h2-7,12H,8-11,13H2,1H3,(H,19,23). The second-order valence-electron chi connectivity index (χ2n) is 6.26. The van der Waals surface area contributed by atoms with Crippen LogP contribution in [0.4, 0.5) is 0 Å². The molecule has 1 aliphatic heterocycles. The smallest absolute Gasteiger partial charge is 0.287 e. The van der Waals surface area contributed by atoms with Gasteiger partial charge in [-0.05, 0) is 31.2 Å². The minimum Gasteiger partial charge on any atom is -0.459 e. The molecule has 3 rings (SSSR count). The third kappa shape index (κ3) is 4.37. The molecule has 1 fully saturated rings. The number of nitrogens with one attached hydrogen (secondary N) is 1. The molecule has 0 radical (unpaired) electrons. The summed E-state index contributed by atoms with van der Waals surface area (Å²) in [4.78, 5) is 25.8. The highest BCUT2D eigenvalue weighted by molar-refractivity contribution is 7.89. The minimum atomic E-state index is -3.57. The SMILES string of the molecule is Cc1ccc(S(=O)(=O)N2CCN(C(=O)CNC(=O)c3ccco3)CC2)cc1. The third-order valence-corrected chi connectivity index (χ3v) is 6.31. The Morgan fingerprint density at radius 3 is 2.33 bits per heavy atom. The predicted octanol–water partition coefficient (Wildman–Crippen LogP) is 0.851. The Bertz CT molecular complexity index is 899. The second kappa shape index (κ2) is 7.93. The Kier molecular flexibility index (Phi) is 5.62. The van der Waals surface area contributed by atoms with Crippen molar-refractivity contribution in [3.05, 3.63) is 54.0 Å². The van der Waals surface area contributed by atoms with Crippen LogP contribution in [0, 0.1) is 6.92 Å². The molecule has 1 N–H and O–H groups in total. The summed E-state index contributed by atoms with van der Waals surface area (Å²) in [6, 6.07) is 9.79. The van der Waals surface area contributed by atoms with Crippen molar-refractivity contribution in [1.29, 1.82) is 0 Å². The van der Waals surface area contributed by atoms with Crippen molar-refractivity contribution < 1.29 is 22.4 Å². The zero-order valence-electron chi connectivity index (χ0n) is 14.9. The normalized spacial score (nSPS) is 15.5. The monoisotopic (exact) mass is 391 g/mol. The van der Waals surface area contributed by atoms with E-state index in [1.165, 1.54) is 16.6 Å². The van der Waals surface area contributed by atoms with Gasteiger partial charge in [0.1, 0.15) is 0 Å². The van der Waals surface area contributed by atoms with E-state index in [4.69, 9.17) is 4.42 Å². The lowest BCUT2D eigenvalue weighted by atomic mass is 10.2. The number of carbonyl (C=O) groups is 2. The summed E-state index contributed by atoms with van der Waals surface area (Å²) in [6.45, 7) is 2.72. The molecule has 0 unspecified atom stereocenters. The number of aryl methyl sites for hydroxylation is 1. The van der Waals surface area contributed by atoms with Gasteiger partial charge in [-0.25, -0.2) is 8.42 Å². The number of amides is 2. The fourth-order valence-electron chi connectivity index (χ4n) is 2.80. The molecule has 144 valence electrons. The maximum absolute atomic E-state index is 12.7. The van der Waals surface area contributed by atoms with Crippen LogP contribution in [-0.4, -0.2) is 62.2 Å². The van der Waals surface area contributed by atoms with Gasteiger partial charge in [0.05, 0.1) is 17.7 Å². The maximum Gasteiger partial charge on any atom is 0.287 e. The van der Waals surface area contributed by atoms with Crippen LogP contribution in [0.2, 0.25) is 0 Å². The highest BCUT2D eigenvalue weighted by Gasteiger charge is 2.30. The van der Waals surface area contributed by atoms with Gasteiger partial charge in [0, 0.05) is 26.2 Å². The molecule has 1 saturated heterocycles. The van der Waals surface area contributed by atoms with E-state index < -0.39 is 15.9 Å². The van der Waals surface area contributed by atoms with Crippen molar-refractivity contribution in [1.82, 2.24) is 14.5 Å². The molecule has 0 aliphatic carbocycles. The molecule has 27 heavy (non-hydrogen) atoms. The van der Waals surface area contributed by atoms with Crippen molar-refractivity contribution in [2.24, 2.45) is 0 Å². The first-order valence-corrected chi connectivity index (χ1v) is 9.98. The van der Waals surface area contributed by atoms with Gasteiger partial charge in [-0.3, -0.25) is 9.59 Å². The molecular formula is C18H21N3O5S. The molecular weight excluding hydrogens is 370 g/mol. The Hall–Kier alpha value is -2.65. The molecule has 2 heterocycles. The van der Waals surface area contributed by atoms with Gasteiger partial charge in [-0.1, -0.05) is 17.7 Å². The summed E-state index contributed by atoms with van der Waals surface area (Å²) >= 11 is 0. The van der Waals surface area contributed by atoms with E-state index >= 15 is 0 Å². The van der Waals surface area contributed by atoms with Crippen molar-refractivity contribution in [3.8, 4) is 0 Å². The number of piperazine rings is 1. The summed E-state index contributed by atoms with van der Waals surface area (Å²) in [5.41, 5.74) is 0.987. The van der Waals surface area contributed by atoms with Crippen molar-refractivity contribution >= 4 is 21.8 Å². The van der Waals surface area contributed by atoms with E-state index in [-0.39, 0.29) is 49.3 Å². The zero-order chi connectivity index (χ0) is 19.4. The molecule has 1 aliphatic rings. The number of furan rings is 1. The second-order valence-corrected chi connectivity index (χ2v) is 8.20. The van der Waals surface area contributed by atoms with Crippen molar-refractivity contribution in [2.45, 2.75) is 11.8 Å². The van der Waals surface area contributed by atoms with Crippen molar-refractivity contribution in [2.75, 3.05) is 32.7 Å². The molecule has 0 atom stereocenters. The third-order valence-electron chi connectivity index (χ3n) is 4.40. The summed E-state index contributed by atoms with van der Waals surface area (Å²) in [5.74, 6) is -0.590. The van der Waals surface area contributed by atoms with Gasteiger partial charge in [0.15, 0.2) is 5.76 Å². The minimum absolute atomic E-state index is 0.136. The summed E-state index contributed by atoms with van der Waals surface area (Å²) in [6.07, 6.45) is 1.38. The molecule has 2 amide bonds. The van der Waals surface area contributed by atoms with Crippen LogP contribution >= 0.6 is 0 Å². The van der Waals surface area contributed by atoms with Gasteiger partial charge < -0.3 is 14.6 Å². The highest BCUT2D eigenvalue weighted by atomic mass is 32.2. The lowest BCUT2D eigenvalue weighted by Crippen LogP contribution is -2.52. The maximum atomic E-state index is 12.7.